The fourth-order valence-electron chi connectivity index (χ4n) is 2.65. The summed E-state index contributed by atoms with van der Waals surface area (Å²) in [4.78, 5) is 4.85. The first-order chi connectivity index (χ1) is 9.72. The van der Waals surface area contributed by atoms with Crippen LogP contribution in [0.1, 0.15) is 12.5 Å². The Morgan fingerprint density at radius 2 is 2.15 bits per heavy atom. The zero-order valence-electron chi connectivity index (χ0n) is 11.5. The van der Waals surface area contributed by atoms with Crippen LogP contribution in [0.2, 0.25) is 0 Å². The minimum absolute atomic E-state index is 0.460. The molecule has 1 unspecified atom stereocenters. The standard InChI is InChI=1S/C14H18N4S2/c1-11-9-17(10-12-5-3-2-4-6-12)7-8-18(11)13-15-16-14(19)20-13/h2-6,11H,7-10H2,1H3,(H,16,19). The Morgan fingerprint density at radius 3 is 2.80 bits per heavy atom. The van der Waals surface area contributed by atoms with E-state index in [4.69, 9.17) is 12.2 Å². The van der Waals surface area contributed by atoms with Crippen LogP contribution in [0.3, 0.4) is 0 Å². The number of H-pyrrole nitrogens is 1. The maximum absolute atomic E-state index is 5.11. The number of nitrogens with zero attached hydrogens (tertiary/aromatic N) is 3. The van der Waals surface area contributed by atoms with Gasteiger partial charge in [0.15, 0.2) is 3.95 Å². The molecule has 106 valence electrons. The zero-order valence-corrected chi connectivity index (χ0v) is 13.1. The summed E-state index contributed by atoms with van der Waals surface area (Å²) in [5.74, 6) is 0. The normalized spacial score (nSPS) is 20.2. The Kier molecular flexibility index (Phi) is 4.14. The van der Waals surface area contributed by atoms with Gasteiger partial charge in [-0.1, -0.05) is 41.7 Å². The highest BCUT2D eigenvalue weighted by Crippen LogP contribution is 2.23. The molecule has 1 N–H and O–H groups in total. The van der Waals surface area contributed by atoms with Gasteiger partial charge in [0.2, 0.25) is 5.13 Å². The van der Waals surface area contributed by atoms with Gasteiger partial charge in [-0.25, -0.2) is 0 Å². The molecule has 2 aromatic rings. The van der Waals surface area contributed by atoms with Crippen molar-refractivity contribution in [2.24, 2.45) is 0 Å². The summed E-state index contributed by atoms with van der Waals surface area (Å²) >= 11 is 6.67. The van der Waals surface area contributed by atoms with Crippen molar-refractivity contribution in [2.75, 3.05) is 24.5 Å². The summed E-state index contributed by atoms with van der Waals surface area (Å²) < 4.78 is 0.749. The monoisotopic (exact) mass is 306 g/mol. The van der Waals surface area contributed by atoms with Gasteiger partial charge in [-0.3, -0.25) is 10.00 Å². The Morgan fingerprint density at radius 1 is 1.35 bits per heavy atom. The molecule has 2 heterocycles. The molecule has 0 saturated carbocycles. The van der Waals surface area contributed by atoms with Crippen molar-refractivity contribution in [3.05, 3.63) is 39.8 Å². The average Bonchev–Trinajstić information content (AvgIpc) is 2.86. The van der Waals surface area contributed by atoms with E-state index in [-0.39, 0.29) is 0 Å². The summed E-state index contributed by atoms with van der Waals surface area (Å²) in [5, 5.41) is 8.18. The number of hydrogen-bond donors (Lipinski definition) is 1. The molecule has 0 aliphatic carbocycles. The predicted octanol–water partition coefficient (Wildman–Crippen LogP) is 2.91. The maximum atomic E-state index is 5.11. The highest BCUT2D eigenvalue weighted by atomic mass is 32.1. The topological polar surface area (TPSA) is 35.2 Å². The molecule has 0 spiro atoms. The second kappa shape index (κ2) is 6.03. The number of rotatable bonds is 3. The van der Waals surface area contributed by atoms with Crippen LogP contribution in [0.5, 0.6) is 0 Å². The van der Waals surface area contributed by atoms with Crippen LogP contribution in [-0.2, 0) is 6.54 Å². The molecule has 1 aromatic heterocycles. The minimum Gasteiger partial charge on any atom is -0.341 e. The van der Waals surface area contributed by atoms with Gasteiger partial charge < -0.3 is 4.90 Å². The van der Waals surface area contributed by atoms with E-state index in [1.54, 1.807) is 11.3 Å². The number of hydrogen-bond acceptors (Lipinski definition) is 5. The molecule has 0 bridgehead atoms. The van der Waals surface area contributed by atoms with Gasteiger partial charge >= 0.3 is 0 Å². The van der Waals surface area contributed by atoms with E-state index in [0.717, 1.165) is 35.3 Å². The summed E-state index contributed by atoms with van der Waals surface area (Å²) in [7, 11) is 0. The summed E-state index contributed by atoms with van der Waals surface area (Å²) in [5.41, 5.74) is 1.38. The van der Waals surface area contributed by atoms with Crippen LogP contribution in [0.4, 0.5) is 5.13 Å². The number of aromatic nitrogens is 2. The molecule has 1 atom stereocenters. The molecule has 20 heavy (non-hydrogen) atoms. The molecular formula is C14H18N4S2. The smallest absolute Gasteiger partial charge is 0.207 e. The Balaban J connectivity index is 1.63. The largest absolute Gasteiger partial charge is 0.341 e. The third kappa shape index (κ3) is 3.08. The number of nitrogens with one attached hydrogen (secondary N) is 1. The van der Waals surface area contributed by atoms with Gasteiger partial charge in [-0.2, -0.15) is 0 Å². The second-order valence-corrected chi connectivity index (χ2v) is 6.80. The third-order valence-electron chi connectivity index (χ3n) is 3.63. The average molecular weight is 306 g/mol. The molecule has 1 fully saturated rings. The van der Waals surface area contributed by atoms with Crippen LogP contribution in [0.25, 0.3) is 0 Å². The van der Waals surface area contributed by atoms with Crippen molar-refractivity contribution in [1.82, 2.24) is 15.1 Å². The highest BCUT2D eigenvalue weighted by molar-refractivity contribution is 7.73. The van der Waals surface area contributed by atoms with Crippen molar-refractivity contribution in [2.45, 2.75) is 19.5 Å². The van der Waals surface area contributed by atoms with Gasteiger partial charge in [0.1, 0.15) is 0 Å². The van der Waals surface area contributed by atoms with Crippen molar-refractivity contribution in [1.29, 1.82) is 0 Å². The van der Waals surface area contributed by atoms with Gasteiger partial charge in [-0.15, -0.1) is 5.10 Å². The first kappa shape index (κ1) is 13.7. The highest BCUT2D eigenvalue weighted by Gasteiger charge is 2.25. The molecule has 0 amide bonds. The van der Waals surface area contributed by atoms with Crippen molar-refractivity contribution >= 4 is 28.7 Å². The summed E-state index contributed by atoms with van der Waals surface area (Å²) in [6.07, 6.45) is 0. The van der Waals surface area contributed by atoms with E-state index < -0.39 is 0 Å². The Labute approximate surface area is 128 Å². The fourth-order valence-corrected chi connectivity index (χ4v) is 3.65. The Hall–Kier alpha value is -1.24. The van der Waals surface area contributed by atoms with E-state index in [2.05, 4.69) is 57.3 Å². The van der Waals surface area contributed by atoms with Crippen molar-refractivity contribution < 1.29 is 0 Å². The molecule has 0 radical (unpaired) electrons. The zero-order chi connectivity index (χ0) is 13.9. The van der Waals surface area contributed by atoms with Crippen LogP contribution < -0.4 is 4.90 Å². The molecule has 6 heteroatoms. The first-order valence-electron chi connectivity index (χ1n) is 6.81. The number of benzene rings is 1. The second-order valence-electron chi connectivity index (χ2n) is 5.16. The molecular weight excluding hydrogens is 288 g/mol. The lowest BCUT2D eigenvalue weighted by Crippen LogP contribution is -2.51. The van der Waals surface area contributed by atoms with Crippen LogP contribution in [0, 0.1) is 3.95 Å². The van der Waals surface area contributed by atoms with E-state index in [1.807, 2.05) is 0 Å². The molecule has 1 aliphatic rings. The molecule has 1 aromatic carbocycles. The van der Waals surface area contributed by atoms with E-state index >= 15 is 0 Å². The van der Waals surface area contributed by atoms with Crippen LogP contribution >= 0.6 is 23.6 Å². The first-order valence-corrected chi connectivity index (χ1v) is 8.03. The maximum Gasteiger partial charge on any atom is 0.207 e. The van der Waals surface area contributed by atoms with Crippen molar-refractivity contribution in [3.8, 4) is 0 Å². The molecule has 1 saturated heterocycles. The lowest BCUT2D eigenvalue weighted by atomic mass is 10.1. The van der Waals surface area contributed by atoms with Gasteiger partial charge in [0, 0.05) is 32.2 Å². The third-order valence-corrected chi connectivity index (χ3v) is 4.76. The molecule has 4 nitrogen and oxygen atoms in total. The van der Waals surface area contributed by atoms with Crippen LogP contribution in [-0.4, -0.2) is 40.8 Å². The lowest BCUT2D eigenvalue weighted by molar-refractivity contribution is 0.221. The summed E-state index contributed by atoms with van der Waals surface area (Å²) in [6.45, 7) is 6.40. The molecule has 1 aliphatic heterocycles. The number of anilines is 1. The van der Waals surface area contributed by atoms with Gasteiger partial charge in [0.05, 0.1) is 0 Å². The lowest BCUT2D eigenvalue weighted by Gasteiger charge is -2.39. The Bertz CT molecular complexity index is 607. The van der Waals surface area contributed by atoms with Gasteiger partial charge in [0.25, 0.3) is 0 Å². The quantitative estimate of drug-likeness (QED) is 0.884. The fraction of sp³-hybridized carbons (Fsp3) is 0.429. The SMILES string of the molecule is CC1CN(Cc2ccccc2)CCN1c1n[nH]c(=S)s1. The predicted molar refractivity (Wildman–Crippen MR) is 85.8 cm³/mol. The minimum atomic E-state index is 0.460. The number of aromatic amines is 1. The van der Waals surface area contributed by atoms with E-state index in [0.29, 0.717) is 6.04 Å². The number of piperazine rings is 1. The van der Waals surface area contributed by atoms with Crippen molar-refractivity contribution in [3.63, 3.8) is 0 Å². The van der Waals surface area contributed by atoms with Crippen LogP contribution in [0.15, 0.2) is 30.3 Å². The van der Waals surface area contributed by atoms with E-state index in [1.165, 1.54) is 5.56 Å². The van der Waals surface area contributed by atoms with E-state index in [9.17, 15) is 0 Å². The van der Waals surface area contributed by atoms with Gasteiger partial charge in [-0.05, 0) is 24.7 Å². The summed E-state index contributed by atoms with van der Waals surface area (Å²) in [6, 6.07) is 11.1. The molecule has 3 rings (SSSR count).